The summed E-state index contributed by atoms with van der Waals surface area (Å²) in [5.41, 5.74) is 2.09. The van der Waals surface area contributed by atoms with Gasteiger partial charge in [-0.3, -0.25) is 9.59 Å². The van der Waals surface area contributed by atoms with Crippen LogP contribution in [0, 0.1) is 6.92 Å². The van der Waals surface area contributed by atoms with Crippen LogP contribution in [0.15, 0.2) is 52.3 Å². The fourth-order valence-corrected chi connectivity index (χ4v) is 6.82. The van der Waals surface area contributed by atoms with Gasteiger partial charge in [0.2, 0.25) is 21.8 Å². The highest BCUT2D eigenvalue weighted by molar-refractivity contribution is 8.00. The van der Waals surface area contributed by atoms with Gasteiger partial charge in [0.25, 0.3) is 0 Å². The van der Waals surface area contributed by atoms with Crippen molar-refractivity contribution in [3.8, 4) is 0 Å². The minimum atomic E-state index is -3.66. The van der Waals surface area contributed by atoms with Crippen LogP contribution in [0.4, 0.5) is 11.4 Å². The van der Waals surface area contributed by atoms with Crippen molar-refractivity contribution < 1.29 is 18.0 Å². The number of fused-ring (bicyclic) bond motifs is 1. The SMILES string of the molecule is Cc1ccccc1NC(=O)CN1C(=O)C[C@@H](C)Sc2ccc(S(=O)(=O)N3CCCCC3)cc21. The number of carbonyl (C=O) groups is 2. The fraction of sp³-hybridized carbons (Fsp3) is 0.417. The molecule has 0 spiro atoms. The molecule has 0 aliphatic carbocycles. The van der Waals surface area contributed by atoms with E-state index in [4.69, 9.17) is 0 Å². The molecule has 0 bridgehead atoms. The molecular weight excluding hydrogens is 458 g/mol. The minimum absolute atomic E-state index is 0.0187. The van der Waals surface area contributed by atoms with E-state index in [2.05, 4.69) is 5.32 Å². The van der Waals surface area contributed by atoms with Crippen LogP contribution in [0.1, 0.15) is 38.2 Å². The first-order valence-electron chi connectivity index (χ1n) is 11.2. The summed E-state index contributed by atoms with van der Waals surface area (Å²) in [4.78, 5) is 28.3. The van der Waals surface area contributed by atoms with Gasteiger partial charge in [-0.05, 0) is 49.6 Å². The van der Waals surface area contributed by atoms with E-state index >= 15 is 0 Å². The van der Waals surface area contributed by atoms with E-state index in [1.807, 2.05) is 38.1 Å². The lowest BCUT2D eigenvalue weighted by atomic mass is 10.2. The number of rotatable bonds is 5. The molecule has 0 aromatic heterocycles. The van der Waals surface area contributed by atoms with Crippen molar-refractivity contribution in [2.45, 2.75) is 54.6 Å². The van der Waals surface area contributed by atoms with Gasteiger partial charge in [0.15, 0.2) is 0 Å². The summed E-state index contributed by atoms with van der Waals surface area (Å²) < 4.78 is 28.0. The van der Waals surface area contributed by atoms with Crippen molar-refractivity contribution in [3.63, 3.8) is 0 Å². The molecule has 2 aliphatic rings. The molecule has 1 atom stereocenters. The highest BCUT2D eigenvalue weighted by atomic mass is 32.2. The van der Waals surface area contributed by atoms with Gasteiger partial charge in [-0.15, -0.1) is 11.8 Å². The number of piperidine rings is 1. The number of benzene rings is 2. The highest BCUT2D eigenvalue weighted by Gasteiger charge is 2.31. The van der Waals surface area contributed by atoms with E-state index in [0.29, 0.717) is 24.5 Å². The van der Waals surface area contributed by atoms with E-state index in [0.717, 1.165) is 29.7 Å². The molecule has 0 radical (unpaired) electrons. The first-order chi connectivity index (χ1) is 15.8. The maximum absolute atomic E-state index is 13.2. The van der Waals surface area contributed by atoms with Crippen molar-refractivity contribution in [1.82, 2.24) is 4.31 Å². The Morgan fingerprint density at radius 2 is 1.85 bits per heavy atom. The molecule has 0 unspecified atom stereocenters. The Hall–Kier alpha value is -2.36. The highest BCUT2D eigenvalue weighted by Crippen LogP contribution is 2.39. The number of thioether (sulfide) groups is 1. The van der Waals surface area contributed by atoms with Crippen LogP contribution in [0.5, 0.6) is 0 Å². The number of para-hydroxylation sites is 1. The number of hydrogen-bond donors (Lipinski definition) is 1. The summed E-state index contributed by atoms with van der Waals surface area (Å²) in [6.45, 7) is 4.69. The first-order valence-corrected chi connectivity index (χ1v) is 13.5. The van der Waals surface area contributed by atoms with Gasteiger partial charge in [0.05, 0.1) is 10.6 Å². The number of anilines is 2. The molecule has 7 nitrogen and oxygen atoms in total. The van der Waals surface area contributed by atoms with Crippen LogP contribution >= 0.6 is 11.8 Å². The molecule has 0 saturated carbocycles. The molecule has 33 heavy (non-hydrogen) atoms. The predicted molar refractivity (Wildman–Crippen MR) is 131 cm³/mol. The number of amides is 2. The summed E-state index contributed by atoms with van der Waals surface area (Å²) in [6, 6.07) is 12.4. The Labute approximate surface area is 199 Å². The van der Waals surface area contributed by atoms with E-state index < -0.39 is 10.0 Å². The van der Waals surface area contributed by atoms with Gasteiger partial charge in [0.1, 0.15) is 6.54 Å². The van der Waals surface area contributed by atoms with Gasteiger partial charge in [-0.1, -0.05) is 31.5 Å². The summed E-state index contributed by atoms with van der Waals surface area (Å²) in [6.07, 6.45) is 3.00. The third kappa shape index (κ3) is 5.26. The first kappa shape index (κ1) is 23.8. The lowest BCUT2D eigenvalue weighted by Gasteiger charge is -2.27. The number of aryl methyl sites for hydroxylation is 1. The van der Waals surface area contributed by atoms with Crippen LogP contribution in [0.3, 0.4) is 0 Å². The van der Waals surface area contributed by atoms with Crippen molar-refractivity contribution in [1.29, 1.82) is 0 Å². The lowest BCUT2D eigenvalue weighted by Crippen LogP contribution is -2.39. The Balaban J connectivity index is 1.65. The predicted octanol–water partition coefficient (Wildman–Crippen LogP) is 4.03. The van der Waals surface area contributed by atoms with Gasteiger partial charge in [0, 0.05) is 35.3 Å². The number of nitrogens with zero attached hydrogens (tertiary/aromatic N) is 2. The van der Waals surface area contributed by atoms with E-state index in [-0.39, 0.29) is 34.9 Å². The third-order valence-electron chi connectivity index (χ3n) is 5.99. The second kappa shape index (κ2) is 9.87. The Morgan fingerprint density at radius 3 is 2.58 bits per heavy atom. The molecule has 9 heteroatoms. The molecule has 2 amide bonds. The molecule has 1 fully saturated rings. The Kier molecular flexibility index (Phi) is 7.11. The third-order valence-corrected chi connectivity index (χ3v) is 9.05. The lowest BCUT2D eigenvalue weighted by molar-refractivity contribution is -0.121. The van der Waals surface area contributed by atoms with Crippen molar-refractivity contribution in [2.24, 2.45) is 0 Å². The summed E-state index contributed by atoms with van der Waals surface area (Å²) in [7, 11) is -3.66. The number of carbonyl (C=O) groups excluding carboxylic acids is 2. The molecular formula is C24H29N3O4S2. The zero-order chi connectivity index (χ0) is 23.6. The largest absolute Gasteiger partial charge is 0.324 e. The zero-order valence-electron chi connectivity index (χ0n) is 18.9. The average Bonchev–Trinajstić information content (AvgIpc) is 2.90. The molecule has 1 saturated heterocycles. The molecule has 2 heterocycles. The number of sulfonamides is 1. The summed E-state index contributed by atoms with van der Waals surface area (Å²) in [5, 5.41) is 2.89. The maximum Gasteiger partial charge on any atom is 0.244 e. The van der Waals surface area contributed by atoms with Gasteiger partial charge >= 0.3 is 0 Å². The van der Waals surface area contributed by atoms with Crippen LogP contribution < -0.4 is 10.2 Å². The van der Waals surface area contributed by atoms with Gasteiger partial charge in [-0.25, -0.2) is 8.42 Å². The summed E-state index contributed by atoms with van der Waals surface area (Å²) >= 11 is 1.53. The topological polar surface area (TPSA) is 86.8 Å². The van der Waals surface area contributed by atoms with Crippen molar-refractivity contribution >= 4 is 45.0 Å². The van der Waals surface area contributed by atoms with E-state index in [9.17, 15) is 18.0 Å². The Bertz CT molecular complexity index is 1160. The smallest absolute Gasteiger partial charge is 0.244 e. The standard InChI is InChI=1S/C24H29N3O4S2/c1-17-8-4-5-9-20(17)25-23(28)16-27-21-15-19(33(30,31)26-12-6-3-7-13-26)10-11-22(21)32-18(2)14-24(27)29/h4-5,8-11,15,18H,3,6-7,12-14,16H2,1-2H3,(H,25,28)/t18-/m1/s1. The van der Waals surface area contributed by atoms with Crippen LogP contribution in [-0.4, -0.2) is 49.4 Å². The van der Waals surface area contributed by atoms with E-state index in [1.165, 1.54) is 21.0 Å². The number of nitrogens with one attached hydrogen (secondary N) is 1. The molecule has 176 valence electrons. The summed E-state index contributed by atoms with van der Waals surface area (Å²) in [5.74, 6) is -0.520. The maximum atomic E-state index is 13.2. The van der Waals surface area contributed by atoms with Crippen molar-refractivity contribution in [3.05, 3.63) is 48.0 Å². The molecule has 2 aromatic carbocycles. The molecule has 2 aliphatic heterocycles. The van der Waals surface area contributed by atoms with Crippen LogP contribution in [0.25, 0.3) is 0 Å². The van der Waals surface area contributed by atoms with Crippen LogP contribution in [-0.2, 0) is 19.6 Å². The van der Waals surface area contributed by atoms with Gasteiger partial charge < -0.3 is 10.2 Å². The second-order valence-electron chi connectivity index (χ2n) is 8.57. The monoisotopic (exact) mass is 487 g/mol. The second-order valence-corrected chi connectivity index (χ2v) is 12.0. The quantitative estimate of drug-likeness (QED) is 0.688. The minimum Gasteiger partial charge on any atom is -0.324 e. The fourth-order valence-electron chi connectivity index (χ4n) is 4.19. The molecule has 1 N–H and O–H groups in total. The normalized spacial score (nSPS) is 19.6. The van der Waals surface area contributed by atoms with Crippen LogP contribution in [0.2, 0.25) is 0 Å². The molecule has 4 rings (SSSR count). The van der Waals surface area contributed by atoms with E-state index in [1.54, 1.807) is 18.2 Å². The van der Waals surface area contributed by atoms with Gasteiger partial charge in [-0.2, -0.15) is 4.31 Å². The molecule has 2 aromatic rings. The van der Waals surface area contributed by atoms with Crippen molar-refractivity contribution in [2.75, 3.05) is 29.9 Å². The Morgan fingerprint density at radius 1 is 1.12 bits per heavy atom. The number of hydrogen-bond acceptors (Lipinski definition) is 5. The zero-order valence-corrected chi connectivity index (χ0v) is 20.5. The average molecular weight is 488 g/mol.